The summed E-state index contributed by atoms with van der Waals surface area (Å²) in [4.78, 5) is 47.0. The largest absolute Gasteiger partial charge is 0.480 e. The van der Waals surface area contributed by atoms with Crippen molar-refractivity contribution in [2.45, 2.75) is 84.0 Å². The molecule has 2 atom stereocenters. The summed E-state index contributed by atoms with van der Waals surface area (Å²) in [5.74, 6) is -0.547. The van der Waals surface area contributed by atoms with Crippen molar-refractivity contribution in [2.24, 2.45) is 0 Å². The van der Waals surface area contributed by atoms with Gasteiger partial charge in [-0.1, -0.05) is 13.0 Å². The molecule has 0 bridgehead atoms. The number of carboxylic acid groups (broad SMARTS) is 1. The summed E-state index contributed by atoms with van der Waals surface area (Å²) in [5.41, 5.74) is 6.29. The normalized spacial score (nSPS) is 16.3. The highest BCUT2D eigenvalue weighted by atomic mass is 16.6. The Balaban J connectivity index is 1.61. The van der Waals surface area contributed by atoms with Crippen LogP contribution >= 0.6 is 0 Å². The number of fused-ring (bicyclic) bond motifs is 1. The number of hydrogen-bond donors (Lipinski definition) is 4. The number of aromatic nitrogens is 3. The lowest BCUT2D eigenvalue weighted by Crippen LogP contribution is -2.60. The molecule has 1 aliphatic heterocycles. The molecule has 1 aromatic carbocycles. The van der Waals surface area contributed by atoms with Gasteiger partial charge in [0, 0.05) is 50.5 Å². The minimum absolute atomic E-state index is 0.0929. The number of carboxylic acids is 1. The molecule has 4 N–H and O–H groups in total. The average molecular weight is 581 g/mol. The number of ether oxygens (including phenoxy) is 1. The number of imidazole rings is 1. The second-order valence-corrected chi connectivity index (χ2v) is 11.5. The third-order valence-electron chi connectivity index (χ3n) is 6.99. The number of aliphatic hydroxyl groups excluding tert-OH is 1. The molecule has 0 spiro atoms. The van der Waals surface area contributed by atoms with Crippen molar-refractivity contribution in [3.8, 4) is 11.1 Å². The van der Waals surface area contributed by atoms with Crippen molar-refractivity contribution in [3.63, 3.8) is 0 Å². The Hall–Kier alpha value is -4.03. The third-order valence-corrected chi connectivity index (χ3v) is 6.99. The van der Waals surface area contributed by atoms with Crippen molar-refractivity contribution in [1.82, 2.24) is 30.3 Å². The number of aryl methyl sites for hydroxylation is 2. The Bertz CT molecular complexity index is 1430. The fourth-order valence-electron chi connectivity index (χ4n) is 5.05. The standard InChI is InChI=1S/C30H40N6O6/c1-5-26-32-22-10-9-20(16-25(22)35(26)11-7-13-37)21-14-19(17-31-18-21)15-24(33-29(41)42-30(2,3)4)27(38)36-12-6-8-23(34-36)28(39)40/h9-10,14,16-18,23-24,34,37H,5-8,11-13,15H2,1-4H3,(H,33,41)(H,39,40)/t23-,24?/m0/s1. The van der Waals surface area contributed by atoms with Gasteiger partial charge in [-0.2, -0.15) is 0 Å². The molecule has 12 nitrogen and oxygen atoms in total. The molecule has 12 heteroatoms. The summed E-state index contributed by atoms with van der Waals surface area (Å²) in [6.45, 7) is 8.32. The molecule has 1 saturated heterocycles. The zero-order chi connectivity index (χ0) is 30.4. The van der Waals surface area contributed by atoms with E-state index in [1.165, 1.54) is 5.01 Å². The summed E-state index contributed by atoms with van der Waals surface area (Å²) in [5, 5.41) is 22.8. The highest BCUT2D eigenvalue weighted by molar-refractivity contribution is 5.87. The summed E-state index contributed by atoms with van der Waals surface area (Å²) in [7, 11) is 0. The summed E-state index contributed by atoms with van der Waals surface area (Å²) in [6, 6.07) is 5.99. The molecule has 0 aliphatic carbocycles. The first-order chi connectivity index (χ1) is 20.0. The van der Waals surface area contributed by atoms with Crippen molar-refractivity contribution in [2.75, 3.05) is 13.2 Å². The Kier molecular flexibility index (Phi) is 9.79. The Morgan fingerprint density at radius 3 is 2.67 bits per heavy atom. The van der Waals surface area contributed by atoms with Crippen LogP contribution in [0.2, 0.25) is 0 Å². The van der Waals surface area contributed by atoms with Crippen LogP contribution in [0, 0.1) is 0 Å². The molecule has 0 radical (unpaired) electrons. The number of alkyl carbamates (subject to hydrolysis) is 1. The first kappa shape index (κ1) is 30.9. The van der Waals surface area contributed by atoms with E-state index in [1.54, 1.807) is 33.2 Å². The zero-order valence-corrected chi connectivity index (χ0v) is 24.6. The lowest BCUT2D eigenvalue weighted by Gasteiger charge is -2.34. The van der Waals surface area contributed by atoms with Gasteiger partial charge in [-0.3, -0.25) is 19.6 Å². The van der Waals surface area contributed by atoms with Crippen LogP contribution in [0.25, 0.3) is 22.2 Å². The van der Waals surface area contributed by atoms with Crippen molar-refractivity contribution >= 4 is 29.0 Å². The van der Waals surface area contributed by atoms with Crippen molar-refractivity contribution < 1.29 is 29.3 Å². The maximum Gasteiger partial charge on any atom is 0.408 e. The highest BCUT2D eigenvalue weighted by Crippen LogP contribution is 2.26. The lowest BCUT2D eigenvalue weighted by atomic mass is 10.0. The summed E-state index contributed by atoms with van der Waals surface area (Å²) >= 11 is 0. The van der Waals surface area contributed by atoms with Gasteiger partial charge in [0.15, 0.2) is 0 Å². The van der Waals surface area contributed by atoms with Crippen molar-refractivity contribution in [3.05, 3.63) is 48.0 Å². The average Bonchev–Trinajstić information content (AvgIpc) is 3.31. The fourth-order valence-corrected chi connectivity index (χ4v) is 5.05. The SMILES string of the molecule is CCc1nc2ccc(-c3cncc(CC(NC(=O)OC(C)(C)C)C(=O)N4CCC[C@@H](C(=O)O)N4)c3)cc2n1CCCO. The van der Waals surface area contributed by atoms with Gasteiger partial charge < -0.3 is 24.8 Å². The highest BCUT2D eigenvalue weighted by Gasteiger charge is 2.33. The van der Waals surface area contributed by atoms with Gasteiger partial charge in [-0.15, -0.1) is 0 Å². The van der Waals surface area contributed by atoms with Gasteiger partial charge in [0.05, 0.1) is 11.0 Å². The number of rotatable bonds is 10. The molecule has 1 fully saturated rings. The van der Waals surface area contributed by atoms with Crippen LogP contribution in [-0.4, -0.2) is 78.6 Å². The first-order valence-corrected chi connectivity index (χ1v) is 14.3. The molecule has 42 heavy (non-hydrogen) atoms. The van der Waals surface area contributed by atoms with Crippen LogP contribution in [0.1, 0.15) is 58.3 Å². The quantitative estimate of drug-likeness (QED) is 0.283. The fraction of sp³-hybridized carbons (Fsp3) is 0.500. The van der Waals surface area contributed by atoms with Crippen LogP contribution < -0.4 is 10.7 Å². The number of carbonyl (C=O) groups is 3. The minimum Gasteiger partial charge on any atom is -0.480 e. The smallest absolute Gasteiger partial charge is 0.408 e. The van der Waals surface area contributed by atoms with E-state index in [0.29, 0.717) is 37.9 Å². The number of nitrogens with one attached hydrogen (secondary N) is 2. The van der Waals surface area contributed by atoms with Gasteiger partial charge in [0.25, 0.3) is 5.91 Å². The van der Waals surface area contributed by atoms with Gasteiger partial charge >= 0.3 is 12.1 Å². The Morgan fingerprint density at radius 1 is 1.19 bits per heavy atom. The molecule has 226 valence electrons. The molecule has 4 rings (SSSR count). The van der Waals surface area contributed by atoms with Crippen LogP contribution in [0.3, 0.4) is 0 Å². The van der Waals surface area contributed by atoms with E-state index in [2.05, 4.69) is 27.2 Å². The molecule has 2 aromatic heterocycles. The first-order valence-electron chi connectivity index (χ1n) is 14.3. The molecule has 1 unspecified atom stereocenters. The van der Waals surface area contributed by atoms with Crippen LogP contribution in [-0.2, 0) is 33.7 Å². The molecule has 2 amide bonds. The topological polar surface area (TPSA) is 159 Å². The lowest BCUT2D eigenvalue weighted by molar-refractivity contribution is -0.147. The van der Waals surface area contributed by atoms with Crippen LogP contribution in [0.15, 0.2) is 36.7 Å². The second-order valence-electron chi connectivity index (χ2n) is 11.5. The molecule has 1 aliphatic rings. The van der Waals surface area contributed by atoms with E-state index >= 15 is 0 Å². The van der Waals surface area contributed by atoms with Gasteiger partial charge in [0.2, 0.25) is 0 Å². The predicted octanol–water partition coefficient (Wildman–Crippen LogP) is 3.06. The molecular weight excluding hydrogens is 540 g/mol. The predicted molar refractivity (Wildman–Crippen MR) is 156 cm³/mol. The van der Waals surface area contributed by atoms with E-state index in [9.17, 15) is 24.6 Å². The van der Waals surface area contributed by atoms with E-state index in [0.717, 1.165) is 34.4 Å². The molecule has 3 aromatic rings. The number of nitrogens with zero attached hydrogens (tertiary/aromatic N) is 4. The summed E-state index contributed by atoms with van der Waals surface area (Å²) in [6.07, 6.45) is 5.06. The Labute approximate surface area is 245 Å². The van der Waals surface area contributed by atoms with E-state index in [4.69, 9.17) is 9.72 Å². The Morgan fingerprint density at radius 2 is 1.98 bits per heavy atom. The van der Waals surface area contributed by atoms with Crippen LogP contribution in [0.5, 0.6) is 0 Å². The number of carbonyl (C=O) groups excluding carboxylic acids is 2. The number of aliphatic carboxylic acids is 1. The van der Waals surface area contributed by atoms with E-state index in [-0.39, 0.29) is 13.0 Å². The second kappa shape index (κ2) is 13.3. The monoisotopic (exact) mass is 580 g/mol. The molecular formula is C30H40N6O6. The summed E-state index contributed by atoms with van der Waals surface area (Å²) < 4.78 is 7.54. The number of aliphatic hydroxyl groups is 1. The maximum absolute atomic E-state index is 13.6. The zero-order valence-electron chi connectivity index (χ0n) is 24.6. The number of pyridine rings is 1. The van der Waals surface area contributed by atoms with E-state index in [1.807, 2.05) is 24.3 Å². The maximum atomic E-state index is 13.6. The van der Waals surface area contributed by atoms with Crippen LogP contribution in [0.4, 0.5) is 4.79 Å². The number of benzene rings is 1. The molecule has 3 heterocycles. The molecule has 0 saturated carbocycles. The van der Waals surface area contributed by atoms with Gasteiger partial charge in [0.1, 0.15) is 23.5 Å². The number of hydrogen-bond acceptors (Lipinski definition) is 8. The van der Waals surface area contributed by atoms with Gasteiger partial charge in [-0.25, -0.2) is 15.2 Å². The van der Waals surface area contributed by atoms with E-state index < -0.39 is 35.7 Å². The third kappa shape index (κ3) is 7.62. The number of amides is 2. The van der Waals surface area contributed by atoms with Crippen molar-refractivity contribution in [1.29, 1.82) is 0 Å². The number of hydrazine groups is 1. The minimum atomic E-state index is -1.04. The van der Waals surface area contributed by atoms with Gasteiger partial charge in [-0.05, 0) is 69.4 Å².